The van der Waals surface area contributed by atoms with E-state index >= 15 is 0 Å². The molecule has 5 heteroatoms. The molecule has 1 N–H and O–H groups in total. The Kier molecular flexibility index (Phi) is 4.20. The smallest absolute Gasteiger partial charge is 0.382 e. The summed E-state index contributed by atoms with van der Waals surface area (Å²) in [5.41, 5.74) is 0.872. The monoisotopic (exact) mass is 321 g/mol. The van der Waals surface area contributed by atoms with Gasteiger partial charge in [0.15, 0.2) is 0 Å². The Hall–Kier alpha value is -0.710. The van der Waals surface area contributed by atoms with Crippen LogP contribution in [0, 0.1) is 5.92 Å². The highest BCUT2D eigenvalue weighted by atomic mass is 79.9. The Balaban J connectivity index is 1.98. The molecular formula is C13H15BrF3N. The van der Waals surface area contributed by atoms with Crippen LogP contribution in [0.5, 0.6) is 0 Å². The highest BCUT2D eigenvalue weighted by molar-refractivity contribution is 9.10. The van der Waals surface area contributed by atoms with Gasteiger partial charge in [0.25, 0.3) is 0 Å². The molecule has 0 aliphatic heterocycles. The molecular weight excluding hydrogens is 307 g/mol. The van der Waals surface area contributed by atoms with Gasteiger partial charge in [-0.15, -0.1) is 0 Å². The largest absolute Gasteiger partial charge is 0.391 e. The molecule has 2 unspecified atom stereocenters. The molecule has 1 nitrogen and oxygen atoms in total. The van der Waals surface area contributed by atoms with Crippen molar-refractivity contribution >= 4 is 21.6 Å². The summed E-state index contributed by atoms with van der Waals surface area (Å²) in [7, 11) is 0. The zero-order valence-corrected chi connectivity index (χ0v) is 11.4. The van der Waals surface area contributed by atoms with Crippen molar-refractivity contribution in [3.05, 3.63) is 28.7 Å². The molecule has 0 radical (unpaired) electrons. The SMILES string of the molecule is FC(F)(F)C1CCCC(Nc2cccc(Br)c2)C1. The predicted octanol–water partition coefficient (Wildman–Crippen LogP) is 4.98. The minimum atomic E-state index is -4.06. The summed E-state index contributed by atoms with van der Waals surface area (Å²) < 4.78 is 39.0. The molecule has 0 heterocycles. The van der Waals surface area contributed by atoms with E-state index in [0.29, 0.717) is 6.42 Å². The van der Waals surface area contributed by atoms with E-state index in [1.165, 1.54) is 0 Å². The lowest BCUT2D eigenvalue weighted by atomic mass is 9.85. The molecule has 18 heavy (non-hydrogen) atoms. The second kappa shape index (κ2) is 5.51. The van der Waals surface area contributed by atoms with Crippen LogP contribution in [0.15, 0.2) is 28.7 Å². The number of alkyl halides is 3. The summed E-state index contributed by atoms with van der Waals surface area (Å²) in [5, 5.41) is 3.19. The molecule has 0 aromatic heterocycles. The summed E-state index contributed by atoms with van der Waals surface area (Å²) >= 11 is 3.35. The highest BCUT2D eigenvalue weighted by Gasteiger charge is 2.42. The lowest BCUT2D eigenvalue weighted by molar-refractivity contribution is -0.182. The molecule has 0 spiro atoms. The number of nitrogens with one attached hydrogen (secondary N) is 1. The quantitative estimate of drug-likeness (QED) is 0.809. The maximum absolute atomic E-state index is 12.7. The van der Waals surface area contributed by atoms with E-state index in [4.69, 9.17) is 0 Å². The van der Waals surface area contributed by atoms with Crippen LogP contribution in [-0.2, 0) is 0 Å². The molecule has 1 aliphatic rings. The standard InChI is InChI=1S/C13H15BrF3N/c14-10-4-2-6-12(8-10)18-11-5-1-3-9(7-11)13(15,16)17/h2,4,6,8-9,11,18H,1,3,5,7H2. The van der Waals surface area contributed by atoms with Crippen molar-refractivity contribution in [1.29, 1.82) is 0 Å². The maximum Gasteiger partial charge on any atom is 0.391 e. The van der Waals surface area contributed by atoms with E-state index < -0.39 is 12.1 Å². The zero-order valence-electron chi connectivity index (χ0n) is 9.80. The second-order valence-corrected chi connectivity index (χ2v) is 5.67. The lowest BCUT2D eigenvalue weighted by Crippen LogP contribution is -2.34. The van der Waals surface area contributed by atoms with Crippen LogP contribution < -0.4 is 5.32 Å². The third-order valence-corrected chi connectivity index (χ3v) is 3.83. The van der Waals surface area contributed by atoms with Gasteiger partial charge in [-0.1, -0.05) is 28.4 Å². The number of benzene rings is 1. The van der Waals surface area contributed by atoms with Gasteiger partial charge in [0.1, 0.15) is 0 Å². The zero-order chi connectivity index (χ0) is 13.2. The molecule has 1 aromatic carbocycles. The molecule has 0 amide bonds. The minimum Gasteiger partial charge on any atom is -0.382 e. The van der Waals surface area contributed by atoms with Gasteiger partial charge >= 0.3 is 6.18 Å². The van der Waals surface area contributed by atoms with Gasteiger partial charge < -0.3 is 5.32 Å². The first-order chi connectivity index (χ1) is 8.45. The van der Waals surface area contributed by atoms with Gasteiger partial charge in [-0.05, 0) is 37.5 Å². The number of hydrogen-bond donors (Lipinski definition) is 1. The normalized spacial score (nSPS) is 24.9. The average molecular weight is 322 g/mol. The van der Waals surface area contributed by atoms with Crippen molar-refractivity contribution in [2.45, 2.75) is 37.9 Å². The number of rotatable bonds is 2. The molecule has 2 rings (SSSR count). The van der Waals surface area contributed by atoms with Crippen LogP contribution in [0.25, 0.3) is 0 Å². The van der Waals surface area contributed by atoms with Crippen molar-refractivity contribution in [2.24, 2.45) is 5.92 Å². The van der Waals surface area contributed by atoms with Crippen molar-refractivity contribution in [2.75, 3.05) is 5.32 Å². The van der Waals surface area contributed by atoms with Crippen LogP contribution in [0.1, 0.15) is 25.7 Å². The van der Waals surface area contributed by atoms with E-state index in [0.717, 1.165) is 16.6 Å². The Labute approximate surface area is 113 Å². The average Bonchev–Trinajstić information content (AvgIpc) is 2.28. The van der Waals surface area contributed by atoms with Crippen molar-refractivity contribution in [3.8, 4) is 0 Å². The van der Waals surface area contributed by atoms with Gasteiger partial charge in [-0.25, -0.2) is 0 Å². The third-order valence-electron chi connectivity index (χ3n) is 3.33. The first kappa shape index (κ1) is 13.7. The third kappa shape index (κ3) is 3.64. The first-order valence-electron chi connectivity index (χ1n) is 6.04. The van der Waals surface area contributed by atoms with Crippen LogP contribution in [0.2, 0.25) is 0 Å². The topological polar surface area (TPSA) is 12.0 Å². The molecule has 1 aromatic rings. The molecule has 0 bridgehead atoms. The van der Waals surface area contributed by atoms with Crippen LogP contribution in [0.4, 0.5) is 18.9 Å². The first-order valence-corrected chi connectivity index (χ1v) is 6.83. The van der Waals surface area contributed by atoms with Gasteiger partial charge in [0.2, 0.25) is 0 Å². The summed E-state index contributed by atoms with van der Waals surface area (Å²) in [6.07, 6.45) is -2.18. The van der Waals surface area contributed by atoms with E-state index in [2.05, 4.69) is 21.2 Å². The Morgan fingerprint density at radius 3 is 2.67 bits per heavy atom. The Morgan fingerprint density at radius 2 is 2.00 bits per heavy atom. The molecule has 2 atom stereocenters. The van der Waals surface area contributed by atoms with Crippen LogP contribution in [-0.4, -0.2) is 12.2 Å². The molecule has 100 valence electrons. The summed E-state index contributed by atoms with van der Waals surface area (Å²) in [6, 6.07) is 7.44. The van der Waals surface area contributed by atoms with Crippen molar-refractivity contribution < 1.29 is 13.2 Å². The maximum atomic E-state index is 12.7. The minimum absolute atomic E-state index is 0.0836. The molecule has 0 saturated heterocycles. The van der Waals surface area contributed by atoms with Crippen molar-refractivity contribution in [3.63, 3.8) is 0 Å². The molecule has 1 saturated carbocycles. The van der Waals surface area contributed by atoms with Crippen LogP contribution in [0.3, 0.4) is 0 Å². The number of anilines is 1. The van der Waals surface area contributed by atoms with Gasteiger partial charge in [0.05, 0.1) is 5.92 Å². The molecule has 1 aliphatic carbocycles. The Bertz CT molecular complexity index is 405. The van der Waals surface area contributed by atoms with Gasteiger partial charge in [-0.3, -0.25) is 0 Å². The van der Waals surface area contributed by atoms with Crippen molar-refractivity contribution in [1.82, 2.24) is 0 Å². The van der Waals surface area contributed by atoms with Gasteiger partial charge in [0, 0.05) is 16.2 Å². The number of halogens is 4. The fourth-order valence-electron chi connectivity index (χ4n) is 2.43. The highest BCUT2D eigenvalue weighted by Crippen LogP contribution is 2.38. The fourth-order valence-corrected chi connectivity index (χ4v) is 2.83. The van der Waals surface area contributed by atoms with Crippen LogP contribution >= 0.6 is 15.9 Å². The van der Waals surface area contributed by atoms with Gasteiger partial charge in [-0.2, -0.15) is 13.2 Å². The summed E-state index contributed by atoms with van der Waals surface area (Å²) in [6.45, 7) is 0. The lowest BCUT2D eigenvalue weighted by Gasteiger charge is -2.31. The summed E-state index contributed by atoms with van der Waals surface area (Å²) in [5.74, 6) is -1.16. The second-order valence-electron chi connectivity index (χ2n) is 4.76. The van der Waals surface area contributed by atoms with E-state index in [-0.39, 0.29) is 18.9 Å². The fraction of sp³-hybridized carbons (Fsp3) is 0.538. The van der Waals surface area contributed by atoms with E-state index in [1.807, 2.05) is 24.3 Å². The number of hydrogen-bond acceptors (Lipinski definition) is 1. The van der Waals surface area contributed by atoms with E-state index in [9.17, 15) is 13.2 Å². The Morgan fingerprint density at radius 1 is 1.22 bits per heavy atom. The summed E-state index contributed by atoms with van der Waals surface area (Å²) in [4.78, 5) is 0. The van der Waals surface area contributed by atoms with E-state index in [1.54, 1.807) is 0 Å². The predicted molar refractivity (Wildman–Crippen MR) is 69.6 cm³/mol. The molecule has 1 fully saturated rings.